The van der Waals surface area contributed by atoms with Gasteiger partial charge in [0.05, 0.1) is 6.61 Å². The number of unbranched alkanes of at least 4 members (excludes halogenated alkanes) is 1. The molecule has 0 aromatic heterocycles. The van der Waals surface area contributed by atoms with Crippen molar-refractivity contribution in [3.63, 3.8) is 0 Å². The van der Waals surface area contributed by atoms with Crippen molar-refractivity contribution in [2.45, 2.75) is 26.4 Å². The maximum Gasteiger partial charge on any atom is 0.222 e. The lowest BCUT2D eigenvalue weighted by Gasteiger charge is -2.04. The van der Waals surface area contributed by atoms with E-state index in [4.69, 9.17) is 9.57 Å². The Morgan fingerprint density at radius 2 is 2.00 bits per heavy atom. The van der Waals surface area contributed by atoms with Crippen LogP contribution in [-0.2, 0) is 16.2 Å². The van der Waals surface area contributed by atoms with Crippen molar-refractivity contribution in [2.75, 3.05) is 11.9 Å². The number of oxime groups is 1. The van der Waals surface area contributed by atoms with E-state index in [1.807, 2.05) is 30.3 Å². The number of ether oxygens (including phenoxy) is 1. The summed E-state index contributed by atoms with van der Waals surface area (Å²) in [4.78, 5) is 5.19. The summed E-state index contributed by atoms with van der Waals surface area (Å²) in [5.41, 5.74) is 1.10. The minimum Gasteiger partial charge on any atom is -0.479 e. The first kappa shape index (κ1) is 14.0. The molecular weight excluding hydrogens is 282 g/mol. The lowest BCUT2D eigenvalue weighted by Crippen LogP contribution is -2.02. The summed E-state index contributed by atoms with van der Waals surface area (Å²) in [5.74, 6) is 0.579. The van der Waals surface area contributed by atoms with Gasteiger partial charge in [0.2, 0.25) is 5.90 Å². The van der Waals surface area contributed by atoms with Crippen molar-refractivity contribution in [1.82, 2.24) is 0 Å². The summed E-state index contributed by atoms with van der Waals surface area (Å²) >= 11 is 3.37. The molecule has 1 aromatic carbocycles. The quantitative estimate of drug-likeness (QED) is 0.252. The van der Waals surface area contributed by atoms with E-state index in [0.717, 1.165) is 23.7 Å². The Kier molecular flexibility index (Phi) is 7.47. The highest BCUT2D eigenvalue weighted by Gasteiger charge is 1.94. The van der Waals surface area contributed by atoms with Crippen LogP contribution in [0.4, 0.5) is 0 Å². The molecule has 1 aromatic rings. The van der Waals surface area contributed by atoms with E-state index in [-0.39, 0.29) is 0 Å². The monoisotopic (exact) mass is 299 g/mol. The normalized spacial score (nSPS) is 11.3. The molecule has 1 rings (SSSR count). The molecule has 0 saturated heterocycles. The molecule has 17 heavy (non-hydrogen) atoms. The van der Waals surface area contributed by atoms with Crippen LogP contribution in [-0.4, -0.2) is 17.8 Å². The number of rotatable bonds is 7. The predicted octanol–water partition coefficient (Wildman–Crippen LogP) is 3.73. The van der Waals surface area contributed by atoms with Gasteiger partial charge in [-0.15, -0.1) is 0 Å². The van der Waals surface area contributed by atoms with Gasteiger partial charge >= 0.3 is 0 Å². The van der Waals surface area contributed by atoms with Crippen molar-refractivity contribution in [3.05, 3.63) is 35.9 Å². The predicted molar refractivity (Wildman–Crippen MR) is 73.3 cm³/mol. The number of hydrogen-bond acceptors (Lipinski definition) is 3. The van der Waals surface area contributed by atoms with Crippen LogP contribution in [0.25, 0.3) is 0 Å². The zero-order chi connectivity index (χ0) is 12.3. The first-order valence-electron chi connectivity index (χ1n) is 5.72. The molecule has 0 atom stereocenters. The minimum atomic E-state index is 0.475. The van der Waals surface area contributed by atoms with E-state index < -0.39 is 0 Å². The van der Waals surface area contributed by atoms with E-state index in [1.54, 1.807) is 6.92 Å². The van der Waals surface area contributed by atoms with E-state index in [9.17, 15) is 0 Å². The zero-order valence-corrected chi connectivity index (χ0v) is 11.6. The maximum atomic E-state index is 5.39. The van der Waals surface area contributed by atoms with Crippen molar-refractivity contribution in [3.8, 4) is 0 Å². The molecule has 0 fully saturated rings. The summed E-state index contributed by atoms with van der Waals surface area (Å²) in [6.07, 6.45) is 2.13. The van der Waals surface area contributed by atoms with Gasteiger partial charge < -0.3 is 9.57 Å². The van der Waals surface area contributed by atoms with Gasteiger partial charge in [0.15, 0.2) is 0 Å². The highest BCUT2D eigenvalue weighted by molar-refractivity contribution is 9.09. The number of halogens is 1. The van der Waals surface area contributed by atoms with Crippen LogP contribution in [0.15, 0.2) is 35.5 Å². The van der Waals surface area contributed by atoms with Crippen molar-refractivity contribution >= 4 is 21.8 Å². The van der Waals surface area contributed by atoms with Crippen LogP contribution in [0.5, 0.6) is 0 Å². The molecule has 0 unspecified atom stereocenters. The third-order valence-electron chi connectivity index (χ3n) is 2.11. The molecule has 0 heterocycles. The molecule has 0 radical (unpaired) electrons. The minimum absolute atomic E-state index is 0.475. The highest BCUT2D eigenvalue weighted by atomic mass is 79.9. The Morgan fingerprint density at radius 3 is 2.71 bits per heavy atom. The molecule has 0 saturated carbocycles. The lowest BCUT2D eigenvalue weighted by molar-refractivity contribution is 0.118. The summed E-state index contributed by atoms with van der Waals surface area (Å²) < 4.78 is 5.39. The molecule has 0 N–H and O–H groups in total. The summed E-state index contributed by atoms with van der Waals surface area (Å²) in [7, 11) is 0. The summed E-state index contributed by atoms with van der Waals surface area (Å²) in [5, 5.41) is 4.91. The molecular formula is C13H18BrNO2. The Hall–Kier alpha value is -1.03. The van der Waals surface area contributed by atoms with Gasteiger partial charge in [0, 0.05) is 12.3 Å². The standard InChI is InChI=1S/C13H18BrNO2/c1-12(16-10-6-5-9-14)15-17-11-13-7-3-2-4-8-13/h2-4,7-8H,5-6,9-11H2,1H3/b15-12-. The molecule has 0 aliphatic heterocycles. The Balaban J connectivity index is 2.15. The van der Waals surface area contributed by atoms with E-state index >= 15 is 0 Å². The molecule has 0 aliphatic carbocycles. The molecule has 0 spiro atoms. The molecule has 0 amide bonds. The van der Waals surface area contributed by atoms with Crippen LogP contribution >= 0.6 is 15.9 Å². The van der Waals surface area contributed by atoms with Gasteiger partial charge in [-0.05, 0) is 18.4 Å². The first-order valence-corrected chi connectivity index (χ1v) is 6.84. The Labute approximate surface area is 111 Å². The first-order chi connectivity index (χ1) is 8.33. The molecule has 0 bridgehead atoms. The SMILES string of the molecule is C/C(=N/OCc1ccccc1)OCCCCBr. The third kappa shape index (κ3) is 7.00. The topological polar surface area (TPSA) is 30.8 Å². The number of hydrogen-bond donors (Lipinski definition) is 0. The maximum absolute atomic E-state index is 5.39. The number of alkyl halides is 1. The number of nitrogens with zero attached hydrogens (tertiary/aromatic N) is 1. The van der Waals surface area contributed by atoms with Gasteiger partial charge in [-0.2, -0.15) is 0 Å². The van der Waals surface area contributed by atoms with Crippen LogP contribution in [0.3, 0.4) is 0 Å². The van der Waals surface area contributed by atoms with Gasteiger partial charge in [0.25, 0.3) is 0 Å². The molecule has 94 valence electrons. The summed E-state index contributed by atoms with van der Waals surface area (Å²) in [6, 6.07) is 9.94. The second-order valence-corrected chi connectivity index (χ2v) is 4.41. The molecule has 3 nitrogen and oxygen atoms in total. The van der Waals surface area contributed by atoms with Crippen LogP contribution in [0.1, 0.15) is 25.3 Å². The smallest absolute Gasteiger partial charge is 0.222 e. The fraction of sp³-hybridized carbons (Fsp3) is 0.462. The van der Waals surface area contributed by atoms with Crippen molar-refractivity contribution < 1.29 is 9.57 Å². The molecule has 0 aliphatic rings. The van der Waals surface area contributed by atoms with Crippen LogP contribution < -0.4 is 0 Å². The summed E-state index contributed by atoms with van der Waals surface area (Å²) in [6.45, 7) is 2.97. The van der Waals surface area contributed by atoms with Gasteiger partial charge in [-0.3, -0.25) is 0 Å². The number of benzene rings is 1. The Bertz CT molecular complexity index is 327. The van der Waals surface area contributed by atoms with E-state index in [1.165, 1.54) is 0 Å². The fourth-order valence-electron chi connectivity index (χ4n) is 1.21. The average molecular weight is 300 g/mol. The molecule has 4 heteroatoms. The van der Waals surface area contributed by atoms with Crippen molar-refractivity contribution in [2.24, 2.45) is 5.16 Å². The Morgan fingerprint density at radius 1 is 1.24 bits per heavy atom. The largest absolute Gasteiger partial charge is 0.479 e. The third-order valence-corrected chi connectivity index (χ3v) is 2.67. The van der Waals surface area contributed by atoms with Crippen LogP contribution in [0, 0.1) is 0 Å². The average Bonchev–Trinajstić information content (AvgIpc) is 2.36. The van der Waals surface area contributed by atoms with E-state index in [0.29, 0.717) is 19.1 Å². The fourth-order valence-corrected chi connectivity index (χ4v) is 1.61. The van der Waals surface area contributed by atoms with Crippen molar-refractivity contribution in [1.29, 1.82) is 0 Å². The second kappa shape index (κ2) is 9.05. The van der Waals surface area contributed by atoms with Crippen LogP contribution in [0.2, 0.25) is 0 Å². The van der Waals surface area contributed by atoms with Gasteiger partial charge in [-0.25, -0.2) is 0 Å². The van der Waals surface area contributed by atoms with Gasteiger partial charge in [-0.1, -0.05) is 51.4 Å². The van der Waals surface area contributed by atoms with Gasteiger partial charge in [0.1, 0.15) is 6.61 Å². The van der Waals surface area contributed by atoms with E-state index in [2.05, 4.69) is 21.1 Å². The zero-order valence-electron chi connectivity index (χ0n) is 10.1. The highest BCUT2D eigenvalue weighted by Crippen LogP contribution is 2.01. The second-order valence-electron chi connectivity index (χ2n) is 3.61. The lowest BCUT2D eigenvalue weighted by atomic mass is 10.2.